The lowest BCUT2D eigenvalue weighted by Gasteiger charge is -2.28. The quantitative estimate of drug-likeness (QED) is 0.172. The fraction of sp³-hybridized carbons (Fsp3) is 0. The van der Waals surface area contributed by atoms with Crippen LogP contribution in [-0.4, -0.2) is 4.57 Å². The van der Waals surface area contributed by atoms with Gasteiger partial charge in [0.2, 0.25) is 0 Å². The molecule has 2 heteroatoms. The van der Waals surface area contributed by atoms with Crippen molar-refractivity contribution in [1.29, 1.82) is 0 Å². The molecule has 0 radical (unpaired) electrons. The minimum atomic E-state index is 1.09. The van der Waals surface area contributed by atoms with Gasteiger partial charge in [-0.15, -0.1) is 0 Å². The number of hydrogen-bond acceptors (Lipinski definition) is 1. The van der Waals surface area contributed by atoms with Crippen LogP contribution in [0.25, 0.3) is 71.3 Å². The van der Waals surface area contributed by atoms with Gasteiger partial charge in [0.25, 0.3) is 0 Å². The molecule has 10 rings (SSSR count). The zero-order chi connectivity index (χ0) is 34.4. The van der Waals surface area contributed by atoms with Crippen molar-refractivity contribution in [2.24, 2.45) is 0 Å². The summed E-state index contributed by atoms with van der Waals surface area (Å²) in [6, 6.07) is 74.6. The number of aromatic nitrogens is 1. The third-order valence-corrected chi connectivity index (χ3v) is 10.4. The van der Waals surface area contributed by atoms with E-state index in [1.807, 2.05) is 0 Å². The van der Waals surface area contributed by atoms with Crippen molar-refractivity contribution >= 4 is 60.4 Å². The van der Waals surface area contributed by atoms with E-state index < -0.39 is 0 Å². The molecule has 0 aliphatic rings. The lowest BCUT2D eigenvalue weighted by atomic mass is 9.96. The molecular weight excluding hydrogens is 629 g/mol. The van der Waals surface area contributed by atoms with Crippen LogP contribution in [-0.2, 0) is 0 Å². The van der Waals surface area contributed by atoms with Gasteiger partial charge >= 0.3 is 0 Å². The maximum atomic E-state index is 2.41. The highest BCUT2D eigenvalue weighted by Crippen LogP contribution is 2.44. The van der Waals surface area contributed by atoms with Crippen LogP contribution >= 0.6 is 0 Å². The monoisotopic (exact) mass is 662 g/mol. The molecular formula is C50H34N2. The molecule has 52 heavy (non-hydrogen) atoms. The lowest BCUT2D eigenvalue weighted by molar-refractivity contribution is 1.17. The van der Waals surface area contributed by atoms with E-state index >= 15 is 0 Å². The van der Waals surface area contributed by atoms with Crippen LogP contribution < -0.4 is 4.90 Å². The molecule has 0 aliphatic heterocycles. The smallest absolute Gasteiger partial charge is 0.0547 e. The molecule has 1 aromatic heterocycles. The first-order chi connectivity index (χ1) is 25.8. The van der Waals surface area contributed by atoms with E-state index in [-0.39, 0.29) is 0 Å². The van der Waals surface area contributed by atoms with Crippen molar-refractivity contribution in [3.63, 3.8) is 0 Å². The van der Waals surface area contributed by atoms with Crippen molar-refractivity contribution in [2.45, 2.75) is 0 Å². The van der Waals surface area contributed by atoms with Crippen molar-refractivity contribution in [3.8, 4) is 27.9 Å². The van der Waals surface area contributed by atoms with E-state index in [9.17, 15) is 0 Å². The molecule has 1 heterocycles. The highest BCUT2D eigenvalue weighted by molar-refractivity contribution is 6.21. The summed E-state index contributed by atoms with van der Waals surface area (Å²) in [7, 11) is 0. The van der Waals surface area contributed by atoms with Crippen LogP contribution in [0.5, 0.6) is 0 Å². The Hall–Kier alpha value is -6.90. The van der Waals surface area contributed by atoms with E-state index in [2.05, 4.69) is 216 Å². The molecule has 2 nitrogen and oxygen atoms in total. The van der Waals surface area contributed by atoms with Gasteiger partial charge in [0.15, 0.2) is 0 Å². The standard InChI is InChI=1S/C50H34N2/c1-2-13-35(14-3-1)36-25-28-39(29-26-36)51(47-23-10-8-20-45(47)44-22-12-17-37-15-4-6-18-42(37)44)40-30-32-41(33-31-40)52-48-24-11-9-21-46(48)50-43-19-7-5-16-38(43)27-34-49(50)52/h1-34H. The molecule has 10 aromatic rings. The molecule has 9 aromatic carbocycles. The Morgan fingerprint density at radius 1 is 0.327 bits per heavy atom. The molecule has 0 aliphatic carbocycles. The summed E-state index contributed by atoms with van der Waals surface area (Å²) < 4.78 is 2.41. The van der Waals surface area contributed by atoms with Gasteiger partial charge in [-0.2, -0.15) is 0 Å². The summed E-state index contributed by atoms with van der Waals surface area (Å²) in [5, 5.41) is 7.57. The largest absolute Gasteiger partial charge is 0.310 e. The molecule has 0 atom stereocenters. The van der Waals surface area contributed by atoms with Crippen molar-refractivity contribution in [3.05, 3.63) is 206 Å². The van der Waals surface area contributed by atoms with Crippen LogP contribution in [0, 0.1) is 0 Å². The fourth-order valence-electron chi connectivity index (χ4n) is 7.99. The van der Waals surface area contributed by atoms with Gasteiger partial charge in [0.05, 0.1) is 16.7 Å². The molecule has 0 fully saturated rings. The number of fused-ring (bicyclic) bond motifs is 6. The number of anilines is 3. The van der Waals surface area contributed by atoms with E-state index in [0.717, 1.165) is 22.7 Å². The van der Waals surface area contributed by atoms with Crippen LogP contribution in [0.1, 0.15) is 0 Å². The van der Waals surface area contributed by atoms with Crippen LogP contribution in [0.4, 0.5) is 17.1 Å². The molecule has 0 bridgehead atoms. The van der Waals surface area contributed by atoms with E-state index in [0.29, 0.717) is 0 Å². The maximum Gasteiger partial charge on any atom is 0.0547 e. The van der Waals surface area contributed by atoms with Gasteiger partial charge in [-0.05, 0) is 92.8 Å². The molecule has 0 N–H and O–H groups in total. The van der Waals surface area contributed by atoms with Crippen molar-refractivity contribution in [1.82, 2.24) is 4.57 Å². The van der Waals surface area contributed by atoms with Crippen LogP contribution in [0.15, 0.2) is 206 Å². The maximum absolute atomic E-state index is 2.41. The van der Waals surface area contributed by atoms with E-state index in [1.54, 1.807) is 0 Å². The summed E-state index contributed by atoms with van der Waals surface area (Å²) >= 11 is 0. The Bertz CT molecular complexity index is 2880. The highest BCUT2D eigenvalue weighted by atomic mass is 15.1. The topological polar surface area (TPSA) is 8.17 Å². The Morgan fingerprint density at radius 2 is 0.885 bits per heavy atom. The number of nitrogens with zero attached hydrogens (tertiary/aromatic N) is 2. The zero-order valence-electron chi connectivity index (χ0n) is 28.5. The van der Waals surface area contributed by atoms with Gasteiger partial charge in [-0.1, -0.05) is 152 Å². The number of rotatable bonds is 6. The second-order valence-electron chi connectivity index (χ2n) is 13.3. The summed E-state index contributed by atoms with van der Waals surface area (Å²) in [5.41, 5.74) is 11.7. The van der Waals surface area contributed by atoms with Crippen molar-refractivity contribution < 1.29 is 0 Å². The molecule has 0 spiro atoms. The number of benzene rings is 9. The first-order valence-corrected chi connectivity index (χ1v) is 17.9. The first-order valence-electron chi connectivity index (χ1n) is 17.9. The van der Waals surface area contributed by atoms with Gasteiger partial charge in [-0.25, -0.2) is 0 Å². The first kappa shape index (κ1) is 30.0. The predicted molar refractivity (Wildman–Crippen MR) is 221 cm³/mol. The Kier molecular flexibility index (Phi) is 7.18. The van der Waals surface area contributed by atoms with E-state index in [4.69, 9.17) is 0 Å². The number of para-hydroxylation sites is 2. The minimum absolute atomic E-state index is 1.09. The normalized spacial score (nSPS) is 11.5. The molecule has 244 valence electrons. The molecule has 0 saturated heterocycles. The summed E-state index contributed by atoms with van der Waals surface area (Å²) in [4.78, 5) is 2.40. The molecule has 0 unspecified atom stereocenters. The number of hydrogen-bond donors (Lipinski definition) is 0. The minimum Gasteiger partial charge on any atom is -0.310 e. The second kappa shape index (κ2) is 12.5. The SMILES string of the molecule is c1ccc(-c2ccc(N(c3ccc(-n4c5ccccc5c5c6ccccc6ccc54)cc3)c3ccccc3-c3cccc4ccccc34)cc2)cc1. The fourth-order valence-corrected chi connectivity index (χ4v) is 7.99. The third-order valence-electron chi connectivity index (χ3n) is 10.4. The summed E-state index contributed by atoms with van der Waals surface area (Å²) in [5.74, 6) is 0. The highest BCUT2D eigenvalue weighted by Gasteiger charge is 2.20. The summed E-state index contributed by atoms with van der Waals surface area (Å²) in [6.45, 7) is 0. The molecule has 0 saturated carbocycles. The van der Waals surface area contributed by atoms with Crippen LogP contribution in [0.2, 0.25) is 0 Å². The molecule has 0 amide bonds. The van der Waals surface area contributed by atoms with E-state index in [1.165, 1.54) is 65.6 Å². The zero-order valence-corrected chi connectivity index (χ0v) is 28.5. The summed E-state index contributed by atoms with van der Waals surface area (Å²) in [6.07, 6.45) is 0. The van der Waals surface area contributed by atoms with Gasteiger partial charge < -0.3 is 9.47 Å². The third kappa shape index (κ3) is 4.96. The van der Waals surface area contributed by atoms with Gasteiger partial charge in [0, 0.05) is 33.4 Å². The average molecular weight is 663 g/mol. The van der Waals surface area contributed by atoms with Gasteiger partial charge in [0.1, 0.15) is 0 Å². The lowest BCUT2D eigenvalue weighted by Crippen LogP contribution is -2.11. The Morgan fingerprint density at radius 3 is 1.67 bits per heavy atom. The predicted octanol–water partition coefficient (Wildman–Crippen LogP) is 13.9. The van der Waals surface area contributed by atoms with Crippen molar-refractivity contribution in [2.75, 3.05) is 4.90 Å². The van der Waals surface area contributed by atoms with Gasteiger partial charge in [-0.3, -0.25) is 0 Å². The average Bonchev–Trinajstić information content (AvgIpc) is 3.57. The van der Waals surface area contributed by atoms with Crippen LogP contribution in [0.3, 0.4) is 0 Å². The Labute approximate surface area is 303 Å². The second-order valence-corrected chi connectivity index (χ2v) is 13.3. The Balaban J connectivity index is 1.15.